The highest BCUT2D eigenvalue weighted by Crippen LogP contribution is 2.25. The number of hydrogen-bond acceptors (Lipinski definition) is 2. The molecule has 2 rings (SSSR count). The number of amides is 1. The van der Waals surface area contributed by atoms with Gasteiger partial charge in [-0.2, -0.15) is 0 Å². The molecule has 2 aromatic carbocycles. The van der Waals surface area contributed by atoms with E-state index >= 15 is 0 Å². The lowest BCUT2D eigenvalue weighted by Crippen LogP contribution is -2.30. The molecule has 0 aromatic heterocycles. The molecule has 0 bridgehead atoms. The van der Waals surface area contributed by atoms with Crippen LogP contribution in [0.15, 0.2) is 42.5 Å². The summed E-state index contributed by atoms with van der Waals surface area (Å²) in [4.78, 5) is 12.4. The minimum atomic E-state index is -0.602. The summed E-state index contributed by atoms with van der Waals surface area (Å²) < 4.78 is 5.76. The minimum Gasteiger partial charge on any atom is -0.481 e. The van der Waals surface area contributed by atoms with E-state index < -0.39 is 6.10 Å². The Morgan fingerprint density at radius 2 is 1.83 bits per heavy atom. The molecule has 122 valence electrons. The van der Waals surface area contributed by atoms with E-state index in [9.17, 15) is 4.79 Å². The van der Waals surface area contributed by atoms with Crippen LogP contribution < -0.4 is 10.1 Å². The average Bonchev–Trinajstić information content (AvgIpc) is 2.50. The van der Waals surface area contributed by atoms with E-state index in [0.29, 0.717) is 16.7 Å². The van der Waals surface area contributed by atoms with E-state index in [0.717, 1.165) is 16.8 Å². The zero-order valence-electron chi connectivity index (χ0n) is 13.9. The number of anilines is 1. The van der Waals surface area contributed by atoms with Crippen molar-refractivity contribution in [1.82, 2.24) is 0 Å². The van der Waals surface area contributed by atoms with Gasteiger partial charge >= 0.3 is 0 Å². The Morgan fingerprint density at radius 1 is 1.13 bits per heavy atom. The topological polar surface area (TPSA) is 38.3 Å². The number of benzene rings is 2. The van der Waals surface area contributed by atoms with Gasteiger partial charge < -0.3 is 10.1 Å². The van der Waals surface area contributed by atoms with Crippen LogP contribution in [0.1, 0.15) is 37.8 Å². The number of ether oxygens (including phenoxy) is 1. The average molecular weight is 332 g/mol. The summed E-state index contributed by atoms with van der Waals surface area (Å²) in [5.41, 5.74) is 2.84. The highest BCUT2D eigenvalue weighted by atomic mass is 35.5. The fourth-order valence-electron chi connectivity index (χ4n) is 2.34. The van der Waals surface area contributed by atoms with Gasteiger partial charge in [0.1, 0.15) is 5.75 Å². The standard InChI is InChI=1S/C19H22ClNO2/c1-12(2)16-7-5-6-8-17(16)21-19(22)14(4)23-18-10-9-15(20)11-13(18)3/h5-12,14H,1-4H3,(H,21,22). The van der Waals surface area contributed by atoms with Gasteiger partial charge in [-0.15, -0.1) is 0 Å². The predicted molar refractivity (Wildman–Crippen MR) is 95.4 cm³/mol. The number of hydrogen-bond donors (Lipinski definition) is 1. The van der Waals surface area contributed by atoms with Crippen molar-refractivity contribution in [3.05, 3.63) is 58.6 Å². The van der Waals surface area contributed by atoms with Gasteiger partial charge in [-0.25, -0.2) is 0 Å². The first-order valence-corrected chi connectivity index (χ1v) is 8.09. The molecule has 1 atom stereocenters. The van der Waals surface area contributed by atoms with Crippen molar-refractivity contribution < 1.29 is 9.53 Å². The third-order valence-corrected chi connectivity index (χ3v) is 3.89. The second kappa shape index (κ2) is 7.51. The molecule has 3 nitrogen and oxygen atoms in total. The molecule has 0 aliphatic rings. The molecule has 23 heavy (non-hydrogen) atoms. The van der Waals surface area contributed by atoms with E-state index in [1.165, 1.54) is 0 Å². The monoisotopic (exact) mass is 331 g/mol. The number of aryl methyl sites for hydroxylation is 1. The number of rotatable bonds is 5. The van der Waals surface area contributed by atoms with Crippen molar-refractivity contribution in [1.29, 1.82) is 0 Å². The second-order valence-corrected chi connectivity index (χ2v) is 6.34. The lowest BCUT2D eigenvalue weighted by atomic mass is 10.0. The summed E-state index contributed by atoms with van der Waals surface area (Å²) in [6, 6.07) is 13.2. The Kier molecular flexibility index (Phi) is 5.67. The van der Waals surface area contributed by atoms with Gasteiger partial charge in [-0.05, 0) is 55.2 Å². The number of halogens is 1. The summed E-state index contributed by atoms with van der Waals surface area (Å²) in [6.45, 7) is 7.84. The first-order valence-electron chi connectivity index (χ1n) is 7.71. The Balaban J connectivity index is 2.09. The van der Waals surface area contributed by atoms with Crippen LogP contribution in [0.25, 0.3) is 0 Å². The van der Waals surface area contributed by atoms with Crippen LogP contribution in [-0.2, 0) is 4.79 Å². The van der Waals surface area contributed by atoms with Gasteiger partial charge in [0, 0.05) is 10.7 Å². The molecule has 0 heterocycles. The summed E-state index contributed by atoms with van der Waals surface area (Å²) in [5, 5.41) is 3.60. The van der Waals surface area contributed by atoms with Gasteiger partial charge in [0.25, 0.3) is 5.91 Å². The van der Waals surface area contributed by atoms with Crippen LogP contribution in [0.5, 0.6) is 5.75 Å². The maximum absolute atomic E-state index is 12.4. The highest BCUT2D eigenvalue weighted by molar-refractivity contribution is 6.30. The van der Waals surface area contributed by atoms with Gasteiger partial charge in [0.05, 0.1) is 0 Å². The number of para-hydroxylation sites is 1. The van der Waals surface area contributed by atoms with Crippen LogP contribution in [0.2, 0.25) is 5.02 Å². The lowest BCUT2D eigenvalue weighted by Gasteiger charge is -2.18. The molecule has 0 aliphatic heterocycles. The summed E-state index contributed by atoms with van der Waals surface area (Å²) >= 11 is 5.94. The molecule has 0 saturated carbocycles. The van der Waals surface area contributed by atoms with Crippen LogP contribution in [0, 0.1) is 6.92 Å². The van der Waals surface area contributed by atoms with Crippen molar-refractivity contribution >= 4 is 23.2 Å². The zero-order valence-corrected chi connectivity index (χ0v) is 14.6. The molecular formula is C19H22ClNO2. The zero-order chi connectivity index (χ0) is 17.0. The quantitative estimate of drug-likeness (QED) is 0.820. The van der Waals surface area contributed by atoms with Crippen LogP contribution >= 0.6 is 11.6 Å². The number of carbonyl (C=O) groups excluding carboxylic acids is 1. The lowest BCUT2D eigenvalue weighted by molar-refractivity contribution is -0.122. The van der Waals surface area contributed by atoms with Crippen molar-refractivity contribution in [2.45, 2.75) is 39.7 Å². The molecule has 4 heteroatoms. The van der Waals surface area contributed by atoms with Crippen LogP contribution in [-0.4, -0.2) is 12.0 Å². The van der Waals surface area contributed by atoms with E-state index in [1.807, 2.05) is 37.3 Å². The molecule has 0 fully saturated rings. The Labute approximate surface area is 142 Å². The van der Waals surface area contributed by atoms with E-state index in [1.54, 1.807) is 19.1 Å². The predicted octanol–water partition coefficient (Wildman–Crippen LogP) is 5.18. The first kappa shape index (κ1) is 17.4. The second-order valence-electron chi connectivity index (χ2n) is 5.90. The molecule has 1 N–H and O–H groups in total. The van der Waals surface area contributed by atoms with Crippen molar-refractivity contribution in [2.24, 2.45) is 0 Å². The highest BCUT2D eigenvalue weighted by Gasteiger charge is 2.17. The van der Waals surface area contributed by atoms with Gasteiger partial charge in [0.2, 0.25) is 0 Å². The van der Waals surface area contributed by atoms with Gasteiger partial charge in [-0.3, -0.25) is 4.79 Å². The van der Waals surface area contributed by atoms with Crippen LogP contribution in [0.4, 0.5) is 5.69 Å². The van der Waals surface area contributed by atoms with Gasteiger partial charge in [-0.1, -0.05) is 43.6 Å². The summed E-state index contributed by atoms with van der Waals surface area (Å²) in [6.07, 6.45) is -0.602. The number of nitrogens with one attached hydrogen (secondary N) is 1. The maximum atomic E-state index is 12.4. The number of carbonyl (C=O) groups is 1. The Bertz CT molecular complexity index is 698. The minimum absolute atomic E-state index is 0.174. The third-order valence-electron chi connectivity index (χ3n) is 3.65. The molecule has 0 aliphatic carbocycles. The van der Waals surface area contributed by atoms with Crippen molar-refractivity contribution in [3.8, 4) is 5.75 Å². The maximum Gasteiger partial charge on any atom is 0.265 e. The summed E-state index contributed by atoms with van der Waals surface area (Å²) in [5.74, 6) is 0.822. The third kappa shape index (κ3) is 4.49. The molecular weight excluding hydrogens is 310 g/mol. The Hall–Kier alpha value is -2.00. The molecule has 1 amide bonds. The summed E-state index contributed by atoms with van der Waals surface area (Å²) in [7, 11) is 0. The molecule has 2 aromatic rings. The van der Waals surface area contributed by atoms with Crippen LogP contribution in [0.3, 0.4) is 0 Å². The van der Waals surface area contributed by atoms with E-state index in [4.69, 9.17) is 16.3 Å². The normalized spacial score (nSPS) is 12.1. The Morgan fingerprint density at radius 3 is 2.48 bits per heavy atom. The first-order chi connectivity index (χ1) is 10.9. The van der Waals surface area contributed by atoms with Crippen molar-refractivity contribution in [2.75, 3.05) is 5.32 Å². The fraction of sp³-hybridized carbons (Fsp3) is 0.316. The van der Waals surface area contributed by atoms with E-state index in [-0.39, 0.29) is 5.91 Å². The largest absolute Gasteiger partial charge is 0.481 e. The molecule has 0 saturated heterocycles. The molecule has 0 spiro atoms. The fourth-order valence-corrected chi connectivity index (χ4v) is 2.56. The van der Waals surface area contributed by atoms with Gasteiger partial charge in [0.15, 0.2) is 6.10 Å². The SMILES string of the molecule is Cc1cc(Cl)ccc1OC(C)C(=O)Nc1ccccc1C(C)C. The van der Waals surface area contributed by atoms with Crippen molar-refractivity contribution in [3.63, 3.8) is 0 Å². The molecule has 0 radical (unpaired) electrons. The van der Waals surface area contributed by atoms with E-state index in [2.05, 4.69) is 19.2 Å². The smallest absolute Gasteiger partial charge is 0.265 e. The molecule has 1 unspecified atom stereocenters.